The molecule has 1 fully saturated rings. The van der Waals surface area contributed by atoms with Gasteiger partial charge < -0.3 is 4.74 Å². The van der Waals surface area contributed by atoms with Crippen molar-refractivity contribution in [2.45, 2.75) is 25.5 Å². The second-order valence-corrected chi connectivity index (χ2v) is 5.95. The van der Waals surface area contributed by atoms with Gasteiger partial charge >= 0.3 is 6.09 Å². The van der Waals surface area contributed by atoms with Crippen molar-refractivity contribution in [2.24, 2.45) is 0 Å². The van der Waals surface area contributed by atoms with Gasteiger partial charge in [-0.1, -0.05) is 55.1 Å². The first-order chi connectivity index (χ1) is 11.6. The molecule has 122 valence electrons. The van der Waals surface area contributed by atoms with Gasteiger partial charge in [0.05, 0.1) is 6.04 Å². The number of cyclic esters (lactones) is 1. The summed E-state index contributed by atoms with van der Waals surface area (Å²) in [6.45, 7) is 5.73. The van der Waals surface area contributed by atoms with Crippen LogP contribution in [0.15, 0.2) is 72.8 Å². The molecule has 1 heterocycles. The van der Waals surface area contributed by atoms with E-state index >= 15 is 0 Å². The van der Waals surface area contributed by atoms with Crippen molar-refractivity contribution < 1.29 is 14.3 Å². The Morgan fingerprint density at radius 3 is 2.25 bits per heavy atom. The molecule has 0 radical (unpaired) electrons. The molecule has 0 saturated carbocycles. The van der Waals surface area contributed by atoms with Crippen molar-refractivity contribution in [2.75, 3.05) is 0 Å². The van der Waals surface area contributed by atoms with Gasteiger partial charge in [-0.05, 0) is 36.6 Å². The zero-order chi connectivity index (χ0) is 17.1. The van der Waals surface area contributed by atoms with Gasteiger partial charge in [-0.2, -0.15) is 0 Å². The number of carbonyl (C=O) groups excluding carboxylic acids is 2. The van der Waals surface area contributed by atoms with Crippen molar-refractivity contribution in [1.29, 1.82) is 0 Å². The van der Waals surface area contributed by atoms with Crippen molar-refractivity contribution >= 4 is 12.0 Å². The number of benzene rings is 2. The summed E-state index contributed by atoms with van der Waals surface area (Å²) in [6.07, 6.45) is -0.578. The van der Waals surface area contributed by atoms with Crippen molar-refractivity contribution in [3.8, 4) is 0 Å². The van der Waals surface area contributed by atoms with E-state index in [1.807, 2.05) is 43.3 Å². The summed E-state index contributed by atoms with van der Waals surface area (Å²) in [5.74, 6) is -0.342. The van der Waals surface area contributed by atoms with Crippen LogP contribution in [0.1, 0.15) is 22.8 Å². The molecule has 2 amide bonds. The average Bonchev–Trinajstić information content (AvgIpc) is 2.92. The lowest BCUT2D eigenvalue weighted by atomic mass is 9.96. The first-order valence-corrected chi connectivity index (χ1v) is 7.86. The zero-order valence-electron chi connectivity index (χ0n) is 13.5. The number of hydrogen-bond donors (Lipinski definition) is 0. The number of nitrogens with zero attached hydrogens (tertiary/aromatic N) is 1. The van der Waals surface area contributed by atoms with E-state index in [0.29, 0.717) is 12.0 Å². The third-order valence-corrected chi connectivity index (χ3v) is 4.12. The molecule has 1 aliphatic rings. The molecule has 2 aromatic rings. The van der Waals surface area contributed by atoms with Crippen LogP contribution in [0.4, 0.5) is 4.79 Å². The normalized spacial score (nSPS) is 19.9. The van der Waals surface area contributed by atoms with E-state index in [1.54, 1.807) is 24.3 Å². The molecular formula is C20H19NO3. The molecule has 4 nitrogen and oxygen atoms in total. The summed E-state index contributed by atoms with van der Waals surface area (Å²) in [7, 11) is 0. The number of amides is 2. The Balaban J connectivity index is 1.94. The van der Waals surface area contributed by atoms with E-state index in [1.165, 1.54) is 4.90 Å². The fraction of sp³-hybridized carbons (Fsp3) is 0.200. The molecule has 4 heteroatoms. The topological polar surface area (TPSA) is 46.6 Å². The second-order valence-electron chi connectivity index (χ2n) is 5.95. The number of imide groups is 1. The van der Waals surface area contributed by atoms with E-state index < -0.39 is 18.2 Å². The summed E-state index contributed by atoms with van der Waals surface area (Å²) < 4.78 is 5.43. The Hall–Kier alpha value is -2.88. The average molecular weight is 321 g/mol. The number of carbonyl (C=O) groups is 2. The highest BCUT2D eigenvalue weighted by molar-refractivity contribution is 6.04. The molecule has 0 aliphatic carbocycles. The number of hydrogen-bond acceptors (Lipinski definition) is 3. The van der Waals surface area contributed by atoms with Gasteiger partial charge in [0.2, 0.25) is 0 Å². The Labute approximate surface area is 141 Å². The van der Waals surface area contributed by atoms with Gasteiger partial charge in [0, 0.05) is 5.56 Å². The monoisotopic (exact) mass is 321 g/mol. The molecule has 0 bridgehead atoms. The second kappa shape index (κ2) is 6.71. The maximum absolute atomic E-state index is 12.8. The summed E-state index contributed by atoms with van der Waals surface area (Å²) >= 11 is 0. The third kappa shape index (κ3) is 3.08. The van der Waals surface area contributed by atoms with Crippen molar-refractivity contribution in [3.05, 3.63) is 83.9 Å². The van der Waals surface area contributed by atoms with Crippen molar-refractivity contribution in [3.63, 3.8) is 0 Å². The molecule has 24 heavy (non-hydrogen) atoms. The highest BCUT2D eigenvalue weighted by atomic mass is 16.6. The van der Waals surface area contributed by atoms with Crippen LogP contribution in [-0.4, -0.2) is 29.0 Å². The smallest absolute Gasteiger partial charge is 0.417 e. The van der Waals surface area contributed by atoms with E-state index in [9.17, 15) is 9.59 Å². The minimum Gasteiger partial charge on any atom is -0.439 e. The van der Waals surface area contributed by atoms with Gasteiger partial charge in [-0.25, -0.2) is 9.69 Å². The van der Waals surface area contributed by atoms with Crippen LogP contribution in [0.5, 0.6) is 0 Å². The summed E-state index contributed by atoms with van der Waals surface area (Å²) in [4.78, 5) is 26.4. The van der Waals surface area contributed by atoms with Crippen LogP contribution < -0.4 is 0 Å². The molecule has 1 aliphatic heterocycles. The molecule has 0 N–H and O–H groups in total. The molecule has 1 saturated heterocycles. The minimum absolute atomic E-state index is 0.342. The van der Waals surface area contributed by atoms with Crippen LogP contribution in [0.3, 0.4) is 0 Å². The highest BCUT2D eigenvalue weighted by Crippen LogP contribution is 2.28. The maximum Gasteiger partial charge on any atom is 0.417 e. The van der Waals surface area contributed by atoms with Crippen LogP contribution in [0.2, 0.25) is 0 Å². The molecule has 3 rings (SSSR count). The Morgan fingerprint density at radius 1 is 1.08 bits per heavy atom. The SMILES string of the molecule is C=C(C)[C@H]1OC(=O)N(C(=O)c2ccccc2)[C@H]1Cc1ccccc1. The summed E-state index contributed by atoms with van der Waals surface area (Å²) in [5.41, 5.74) is 2.24. The Morgan fingerprint density at radius 2 is 1.67 bits per heavy atom. The molecule has 0 aromatic heterocycles. The Kier molecular flexibility index (Phi) is 4.47. The van der Waals surface area contributed by atoms with Gasteiger partial charge in [0.1, 0.15) is 6.10 Å². The van der Waals surface area contributed by atoms with E-state index in [0.717, 1.165) is 11.1 Å². The molecule has 2 aromatic carbocycles. The predicted octanol–water partition coefficient (Wildman–Crippen LogP) is 3.84. The van der Waals surface area contributed by atoms with Crippen LogP contribution >= 0.6 is 0 Å². The summed E-state index contributed by atoms with van der Waals surface area (Å²) in [6, 6.07) is 18.1. The number of ether oxygens (including phenoxy) is 1. The quantitative estimate of drug-likeness (QED) is 0.804. The van der Waals surface area contributed by atoms with E-state index in [4.69, 9.17) is 4.74 Å². The van der Waals surface area contributed by atoms with Crippen LogP contribution in [-0.2, 0) is 11.2 Å². The largest absolute Gasteiger partial charge is 0.439 e. The third-order valence-electron chi connectivity index (χ3n) is 4.12. The predicted molar refractivity (Wildman–Crippen MR) is 91.6 cm³/mol. The minimum atomic E-state index is -0.613. The van der Waals surface area contributed by atoms with Crippen LogP contribution in [0.25, 0.3) is 0 Å². The molecular weight excluding hydrogens is 302 g/mol. The fourth-order valence-electron chi connectivity index (χ4n) is 2.95. The van der Waals surface area contributed by atoms with Crippen LogP contribution in [0, 0.1) is 0 Å². The first-order valence-electron chi connectivity index (χ1n) is 7.86. The van der Waals surface area contributed by atoms with Crippen molar-refractivity contribution in [1.82, 2.24) is 4.90 Å². The first kappa shape index (κ1) is 16.0. The maximum atomic E-state index is 12.8. The van der Waals surface area contributed by atoms with Gasteiger partial charge in [0.25, 0.3) is 5.91 Å². The van der Waals surface area contributed by atoms with Gasteiger partial charge in [-0.15, -0.1) is 0 Å². The zero-order valence-corrected chi connectivity index (χ0v) is 13.5. The van der Waals surface area contributed by atoms with Gasteiger partial charge in [-0.3, -0.25) is 4.79 Å². The lowest BCUT2D eigenvalue weighted by molar-refractivity contribution is 0.0774. The number of rotatable bonds is 4. The lowest BCUT2D eigenvalue weighted by Crippen LogP contribution is -2.42. The van der Waals surface area contributed by atoms with Gasteiger partial charge in [0.15, 0.2) is 0 Å². The standard InChI is InChI=1S/C20H19NO3/c1-14(2)18-17(13-15-9-5-3-6-10-15)21(20(23)24-18)19(22)16-11-7-4-8-12-16/h3-12,17-18H,1,13H2,2H3/t17-,18+/m0/s1. The highest BCUT2D eigenvalue weighted by Gasteiger charge is 2.45. The molecule has 0 spiro atoms. The van der Waals surface area contributed by atoms with E-state index in [-0.39, 0.29) is 5.91 Å². The van der Waals surface area contributed by atoms with E-state index in [2.05, 4.69) is 6.58 Å². The molecule has 0 unspecified atom stereocenters. The Bertz CT molecular complexity index is 755. The summed E-state index contributed by atoms with van der Waals surface area (Å²) in [5, 5.41) is 0. The molecule has 2 atom stereocenters. The lowest BCUT2D eigenvalue weighted by Gasteiger charge is -2.23. The fourth-order valence-corrected chi connectivity index (χ4v) is 2.95.